The SMILES string of the molecule is CC(C)(N)CNC(=O)CCSCc1ccccn1.Cl.Cl. The zero-order valence-electron chi connectivity index (χ0n) is 11.8. The van der Waals surface area contributed by atoms with Crippen LogP contribution in [0, 0.1) is 0 Å². The zero-order chi connectivity index (χ0) is 13.4. The summed E-state index contributed by atoms with van der Waals surface area (Å²) < 4.78 is 0. The predicted molar refractivity (Wildman–Crippen MR) is 90.8 cm³/mol. The van der Waals surface area contributed by atoms with E-state index in [0.717, 1.165) is 17.2 Å². The Morgan fingerprint density at radius 3 is 2.65 bits per heavy atom. The minimum atomic E-state index is -0.350. The van der Waals surface area contributed by atoms with Gasteiger partial charge in [0.25, 0.3) is 0 Å². The molecule has 1 rings (SSSR count). The second kappa shape index (κ2) is 11.2. The summed E-state index contributed by atoms with van der Waals surface area (Å²) in [6.07, 6.45) is 2.31. The highest BCUT2D eigenvalue weighted by Gasteiger charge is 2.11. The first kappa shape index (κ1) is 21.8. The average Bonchev–Trinajstić information content (AvgIpc) is 2.33. The lowest BCUT2D eigenvalue weighted by atomic mass is 10.1. The molecule has 116 valence electrons. The second-order valence-corrected chi connectivity index (χ2v) is 5.99. The molecule has 0 saturated carbocycles. The molecule has 1 amide bonds. The number of nitrogens with one attached hydrogen (secondary N) is 1. The van der Waals surface area contributed by atoms with E-state index in [4.69, 9.17) is 5.73 Å². The van der Waals surface area contributed by atoms with Crippen LogP contribution in [0.1, 0.15) is 26.0 Å². The van der Waals surface area contributed by atoms with Crippen molar-refractivity contribution >= 4 is 42.5 Å². The van der Waals surface area contributed by atoms with E-state index in [1.54, 1.807) is 18.0 Å². The Morgan fingerprint density at radius 1 is 1.40 bits per heavy atom. The van der Waals surface area contributed by atoms with Crippen LogP contribution in [0.4, 0.5) is 0 Å². The van der Waals surface area contributed by atoms with Crippen LogP contribution in [0.5, 0.6) is 0 Å². The van der Waals surface area contributed by atoms with Crippen molar-refractivity contribution in [1.29, 1.82) is 0 Å². The van der Waals surface area contributed by atoms with Crippen molar-refractivity contribution in [2.45, 2.75) is 31.6 Å². The first-order valence-electron chi connectivity index (χ1n) is 6.00. The monoisotopic (exact) mass is 339 g/mol. The van der Waals surface area contributed by atoms with E-state index >= 15 is 0 Å². The first-order valence-corrected chi connectivity index (χ1v) is 7.16. The average molecular weight is 340 g/mol. The largest absolute Gasteiger partial charge is 0.354 e. The number of pyridine rings is 1. The fourth-order valence-corrected chi connectivity index (χ4v) is 2.09. The fourth-order valence-electron chi connectivity index (χ4n) is 1.24. The van der Waals surface area contributed by atoms with E-state index < -0.39 is 0 Å². The standard InChI is InChI=1S/C13H21N3OS.2ClH/c1-13(2,14)10-16-12(17)6-8-18-9-11-5-3-4-7-15-11;;/h3-5,7H,6,8-10,14H2,1-2H3,(H,16,17);2*1H. The Balaban J connectivity index is 0. The van der Waals surface area contributed by atoms with E-state index in [1.807, 2.05) is 32.0 Å². The van der Waals surface area contributed by atoms with Crippen molar-refractivity contribution in [3.63, 3.8) is 0 Å². The van der Waals surface area contributed by atoms with Gasteiger partial charge in [0.05, 0.1) is 5.69 Å². The fraction of sp³-hybridized carbons (Fsp3) is 0.538. The Kier molecular flexibility index (Phi) is 12.2. The van der Waals surface area contributed by atoms with Gasteiger partial charge in [-0.15, -0.1) is 24.8 Å². The molecule has 0 aromatic carbocycles. The number of rotatable bonds is 7. The van der Waals surface area contributed by atoms with Gasteiger partial charge in [-0.3, -0.25) is 9.78 Å². The van der Waals surface area contributed by atoms with Gasteiger partial charge in [-0.2, -0.15) is 11.8 Å². The molecule has 0 atom stereocenters. The number of thioether (sulfide) groups is 1. The van der Waals surface area contributed by atoms with Gasteiger partial charge in [0.1, 0.15) is 0 Å². The molecule has 0 bridgehead atoms. The van der Waals surface area contributed by atoms with E-state index in [0.29, 0.717) is 13.0 Å². The minimum Gasteiger partial charge on any atom is -0.354 e. The van der Waals surface area contributed by atoms with Gasteiger partial charge in [-0.1, -0.05) is 6.07 Å². The first-order chi connectivity index (χ1) is 8.47. The van der Waals surface area contributed by atoms with Crippen LogP contribution >= 0.6 is 36.6 Å². The highest BCUT2D eigenvalue weighted by molar-refractivity contribution is 7.98. The van der Waals surface area contributed by atoms with Gasteiger partial charge in [0.2, 0.25) is 5.91 Å². The van der Waals surface area contributed by atoms with Crippen LogP contribution in [0.15, 0.2) is 24.4 Å². The number of nitrogens with zero attached hydrogens (tertiary/aromatic N) is 1. The van der Waals surface area contributed by atoms with Crippen molar-refractivity contribution in [3.05, 3.63) is 30.1 Å². The quantitative estimate of drug-likeness (QED) is 0.748. The van der Waals surface area contributed by atoms with Crippen LogP contribution in [0.25, 0.3) is 0 Å². The summed E-state index contributed by atoms with van der Waals surface area (Å²) >= 11 is 1.71. The maximum atomic E-state index is 11.5. The van der Waals surface area contributed by atoms with Crippen LogP contribution in [0.2, 0.25) is 0 Å². The van der Waals surface area contributed by atoms with Crippen molar-refractivity contribution < 1.29 is 4.79 Å². The molecule has 1 aromatic rings. The molecular formula is C13H23Cl2N3OS. The summed E-state index contributed by atoms with van der Waals surface area (Å²) in [5.74, 6) is 1.70. The molecule has 0 fully saturated rings. The summed E-state index contributed by atoms with van der Waals surface area (Å²) in [6, 6.07) is 5.86. The molecule has 0 saturated heterocycles. The number of carbonyl (C=O) groups is 1. The summed E-state index contributed by atoms with van der Waals surface area (Å²) in [4.78, 5) is 15.7. The highest BCUT2D eigenvalue weighted by Crippen LogP contribution is 2.10. The normalized spacial score (nSPS) is 10.2. The van der Waals surface area contributed by atoms with Gasteiger partial charge >= 0.3 is 0 Å². The van der Waals surface area contributed by atoms with Crippen LogP contribution in [-0.4, -0.2) is 28.7 Å². The lowest BCUT2D eigenvalue weighted by Gasteiger charge is -2.18. The number of hydrogen-bond acceptors (Lipinski definition) is 4. The van der Waals surface area contributed by atoms with Crippen LogP contribution in [-0.2, 0) is 10.5 Å². The topological polar surface area (TPSA) is 68.0 Å². The maximum Gasteiger partial charge on any atom is 0.220 e. The Hall–Kier alpha value is -0.490. The van der Waals surface area contributed by atoms with Gasteiger partial charge in [-0.05, 0) is 26.0 Å². The van der Waals surface area contributed by atoms with Crippen molar-refractivity contribution in [2.24, 2.45) is 5.73 Å². The van der Waals surface area contributed by atoms with E-state index in [9.17, 15) is 4.79 Å². The molecule has 0 unspecified atom stereocenters. The molecular weight excluding hydrogens is 317 g/mol. The molecule has 0 aliphatic rings. The number of aromatic nitrogens is 1. The highest BCUT2D eigenvalue weighted by atomic mass is 35.5. The van der Waals surface area contributed by atoms with Crippen molar-refractivity contribution in [3.8, 4) is 0 Å². The molecule has 7 heteroatoms. The van der Waals surface area contributed by atoms with Crippen LogP contribution in [0.3, 0.4) is 0 Å². The molecule has 1 heterocycles. The third-order valence-corrected chi connectivity index (χ3v) is 3.18. The van der Waals surface area contributed by atoms with Crippen molar-refractivity contribution in [2.75, 3.05) is 12.3 Å². The van der Waals surface area contributed by atoms with Gasteiger partial charge < -0.3 is 11.1 Å². The van der Waals surface area contributed by atoms with Crippen molar-refractivity contribution in [1.82, 2.24) is 10.3 Å². The summed E-state index contributed by atoms with van der Waals surface area (Å²) in [5, 5.41) is 2.83. The summed E-state index contributed by atoms with van der Waals surface area (Å²) in [6.45, 7) is 4.29. The molecule has 0 aliphatic carbocycles. The second-order valence-electron chi connectivity index (χ2n) is 4.89. The smallest absolute Gasteiger partial charge is 0.220 e. The summed E-state index contributed by atoms with van der Waals surface area (Å²) in [5.41, 5.74) is 6.48. The van der Waals surface area contributed by atoms with Gasteiger partial charge in [0, 0.05) is 36.2 Å². The third-order valence-electron chi connectivity index (χ3n) is 2.19. The zero-order valence-corrected chi connectivity index (χ0v) is 14.2. The predicted octanol–water partition coefficient (Wildman–Crippen LogP) is 2.40. The molecule has 0 radical (unpaired) electrons. The van der Waals surface area contributed by atoms with Gasteiger partial charge in [-0.25, -0.2) is 0 Å². The molecule has 0 spiro atoms. The molecule has 20 heavy (non-hydrogen) atoms. The van der Waals surface area contributed by atoms with E-state index in [2.05, 4.69) is 10.3 Å². The Labute approximate surface area is 137 Å². The Bertz CT molecular complexity index is 372. The number of halogens is 2. The number of nitrogens with two attached hydrogens (primary N) is 1. The third kappa shape index (κ3) is 11.3. The number of carbonyl (C=O) groups excluding carboxylic acids is 1. The minimum absolute atomic E-state index is 0. The number of amides is 1. The lowest BCUT2D eigenvalue weighted by molar-refractivity contribution is -0.120. The maximum absolute atomic E-state index is 11.5. The molecule has 1 aromatic heterocycles. The molecule has 0 aliphatic heterocycles. The van der Waals surface area contributed by atoms with E-state index in [1.165, 1.54) is 0 Å². The lowest BCUT2D eigenvalue weighted by Crippen LogP contribution is -2.45. The van der Waals surface area contributed by atoms with Crippen LogP contribution < -0.4 is 11.1 Å². The molecule has 3 N–H and O–H groups in total. The van der Waals surface area contributed by atoms with Gasteiger partial charge in [0.15, 0.2) is 0 Å². The molecule has 4 nitrogen and oxygen atoms in total. The summed E-state index contributed by atoms with van der Waals surface area (Å²) in [7, 11) is 0. The van der Waals surface area contributed by atoms with E-state index in [-0.39, 0.29) is 36.3 Å². The Morgan fingerprint density at radius 2 is 2.10 bits per heavy atom. The number of hydrogen-bond donors (Lipinski definition) is 2.